The average Bonchev–Trinajstić information content (AvgIpc) is 2.96. The molecular weight excluding hydrogens is 305 g/mol. The number of hydrogen-bond donors (Lipinski definition) is 1. The van der Waals surface area contributed by atoms with Crippen LogP contribution < -0.4 is 10.1 Å². The third kappa shape index (κ3) is 4.49. The Bertz CT molecular complexity index is 612. The number of nitrogens with zero attached hydrogens (tertiary/aromatic N) is 2. The molecule has 1 aromatic carbocycles. The van der Waals surface area contributed by atoms with Crippen LogP contribution in [0, 0.1) is 5.82 Å². The van der Waals surface area contributed by atoms with Gasteiger partial charge in [-0.3, -0.25) is 10.1 Å². The zero-order valence-corrected chi connectivity index (χ0v) is 13.3. The summed E-state index contributed by atoms with van der Waals surface area (Å²) in [6.07, 6.45) is 1.99. The summed E-state index contributed by atoms with van der Waals surface area (Å²) >= 11 is 1.38. The van der Waals surface area contributed by atoms with Crippen molar-refractivity contribution in [2.75, 3.05) is 11.9 Å². The molecule has 22 heavy (non-hydrogen) atoms. The van der Waals surface area contributed by atoms with E-state index in [-0.39, 0.29) is 18.3 Å². The van der Waals surface area contributed by atoms with Crippen LogP contribution >= 0.6 is 11.3 Å². The first kappa shape index (κ1) is 16.4. The van der Waals surface area contributed by atoms with E-state index in [1.165, 1.54) is 35.6 Å². The van der Waals surface area contributed by atoms with Gasteiger partial charge in [-0.2, -0.15) is 0 Å². The molecule has 118 valence electrons. The first-order valence-electron chi connectivity index (χ1n) is 7.14. The second kappa shape index (κ2) is 7.84. The predicted octanol–water partition coefficient (Wildman–Crippen LogP) is 3.60. The van der Waals surface area contributed by atoms with E-state index in [2.05, 4.69) is 29.4 Å². The van der Waals surface area contributed by atoms with Crippen LogP contribution in [-0.2, 0) is 4.79 Å². The van der Waals surface area contributed by atoms with Crippen LogP contribution in [0.25, 0.3) is 0 Å². The topological polar surface area (TPSA) is 64.1 Å². The number of benzene rings is 1. The van der Waals surface area contributed by atoms with Gasteiger partial charge in [-0.25, -0.2) is 4.39 Å². The Labute approximate surface area is 132 Å². The molecule has 0 atom stereocenters. The summed E-state index contributed by atoms with van der Waals surface area (Å²) < 4.78 is 18.0. The van der Waals surface area contributed by atoms with E-state index in [9.17, 15) is 9.18 Å². The number of carbonyl (C=O) groups is 1. The standard InChI is InChI=1S/C15H18FN3O2S/c1-3-10(4-2)14-18-19-15(22-14)17-13(20)9-21-12-7-5-11(16)6-8-12/h5-8,10H,3-4,9H2,1-2H3,(H,17,19,20). The van der Waals surface area contributed by atoms with Gasteiger partial charge in [-0.15, -0.1) is 10.2 Å². The van der Waals surface area contributed by atoms with Gasteiger partial charge >= 0.3 is 0 Å². The quantitative estimate of drug-likeness (QED) is 0.845. The molecule has 5 nitrogen and oxygen atoms in total. The largest absolute Gasteiger partial charge is 0.484 e. The Morgan fingerprint density at radius 3 is 2.59 bits per heavy atom. The van der Waals surface area contributed by atoms with E-state index in [4.69, 9.17) is 4.74 Å². The first-order chi connectivity index (χ1) is 10.6. The summed E-state index contributed by atoms with van der Waals surface area (Å²) in [6.45, 7) is 4.04. The molecule has 0 bridgehead atoms. The maximum absolute atomic E-state index is 12.8. The fourth-order valence-corrected chi connectivity index (χ4v) is 2.95. The van der Waals surface area contributed by atoms with Crippen LogP contribution in [0.4, 0.5) is 9.52 Å². The molecule has 1 N–H and O–H groups in total. The third-order valence-corrected chi connectivity index (χ3v) is 4.21. The van der Waals surface area contributed by atoms with Gasteiger partial charge in [0.05, 0.1) is 0 Å². The number of halogens is 1. The van der Waals surface area contributed by atoms with Crippen molar-refractivity contribution in [1.29, 1.82) is 0 Å². The molecule has 0 aliphatic carbocycles. The van der Waals surface area contributed by atoms with E-state index in [0.29, 0.717) is 16.8 Å². The molecule has 2 rings (SSSR count). The lowest BCUT2D eigenvalue weighted by atomic mass is 10.1. The monoisotopic (exact) mass is 323 g/mol. The number of nitrogens with one attached hydrogen (secondary N) is 1. The number of carbonyl (C=O) groups excluding carboxylic acids is 1. The van der Waals surface area contributed by atoms with Gasteiger partial charge in [0.1, 0.15) is 16.6 Å². The van der Waals surface area contributed by atoms with Crippen molar-refractivity contribution >= 4 is 22.4 Å². The van der Waals surface area contributed by atoms with Crippen molar-refractivity contribution in [3.8, 4) is 5.75 Å². The van der Waals surface area contributed by atoms with Crippen LogP contribution in [-0.4, -0.2) is 22.7 Å². The smallest absolute Gasteiger partial charge is 0.264 e. The first-order valence-corrected chi connectivity index (χ1v) is 7.95. The van der Waals surface area contributed by atoms with Gasteiger partial charge in [0.2, 0.25) is 5.13 Å². The van der Waals surface area contributed by atoms with E-state index in [1.807, 2.05) is 0 Å². The Balaban J connectivity index is 1.85. The predicted molar refractivity (Wildman–Crippen MR) is 83.8 cm³/mol. The molecule has 0 aliphatic rings. The highest BCUT2D eigenvalue weighted by atomic mass is 32.1. The molecule has 0 radical (unpaired) electrons. The Morgan fingerprint density at radius 1 is 1.27 bits per heavy atom. The van der Waals surface area contributed by atoms with Crippen molar-refractivity contribution in [3.63, 3.8) is 0 Å². The summed E-state index contributed by atoms with van der Waals surface area (Å²) in [5.41, 5.74) is 0. The van der Waals surface area contributed by atoms with E-state index in [1.54, 1.807) is 0 Å². The molecule has 0 saturated carbocycles. The van der Waals surface area contributed by atoms with Crippen LogP contribution in [0.5, 0.6) is 5.75 Å². The molecule has 0 aliphatic heterocycles. The van der Waals surface area contributed by atoms with Gasteiger partial charge in [0.15, 0.2) is 6.61 Å². The summed E-state index contributed by atoms with van der Waals surface area (Å²) in [7, 11) is 0. The summed E-state index contributed by atoms with van der Waals surface area (Å²) in [5, 5.41) is 12.1. The lowest BCUT2D eigenvalue weighted by Gasteiger charge is -2.06. The normalized spacial score (nSPS) is 10.7. The van der Waals surface area contributed by atoms with Gasteiger partial charge in [0, 0.05) is 5.92 Å². The zero-order valence-electron chi connectivity index (χ0n) is 12.5. The molecule has 0 spiro atoms. The number of rotatable bonds is 7. The second-order valence-electron chi connectivity index (χ2n) is 4.75. The summed E-state index contributed by atoms with van der Waals surface area (Å²) in [5.74, 6) is 0.140. The van der Waals surface area contributed by atoms with Crippen LogP contribution in [0.1, 0.15) is 37.6 Å². The second-order valence-corrected chi connectivity index (χ2v) is 5.76. The number of hydrogen-bond acceptors (Lipinski definition) is 5. The Hall–Kier alpha value is -2.02. The minimum atomic E-state index is -0.348. The molecule has 0 fully saturated rings. The molecule has 1 amide bonds. The van der Waals surface area contributed by atoms with Gasteiger partial charge < -0.3 is 4.74 Å². The molecule has 1 aromatic heterocycles. The maximum atomic E-state index is 12.8. The lowest BCUT2D eigenvalue weighted by Crippen LogP contribution is -2.20. The van der Waals surface area contributed by atoms with E-state index < -0.39 is 0 Å². The van der Waals surface area contributed by atoms with Crippen molar-refractivity contribution in [2.45, 2.75) is 32.6 Å². The van der Waals surface area contributed by atoms with Gasteiger partial charge in [-0.05, 0) is 37.1 Å². The number of aromatic nitrogens is 2. The Kier molecular flexibility index (Phi) is 5.83. The summed E-state index contributed by atoms with van der Waals surface area (Å²) in [6, 6.07) is 5.50. The maximum Gasteiger partial charge on any atom is 0.264 e. The fraction of sp³-hybridized carbons (Fsp3) is 0.400. The minimum absolute atomic E-state index is 0.161. The van der Waals surface area contributed by atoms with Crippen LogP contribution in [0.2, 0.25) is 0 Å². The van der Waals surface area contributed by atoms with Crippen molar-refractivity contribution in [3.05, 3.63) is 35.1 Å². The SMILES string of the molecule is CCC(CC)c1nnc(NC(=O)COc2ccc(F)cc2)s1. The highest BCUT2D eigenvalue weighted by Gasteiger charge is 2.14. The van der Waals surface area contributed by atoms with Crippen molar-refractivity contribution < 1.29 is 13.9 Å². The molecule has 7 heteroatoms. The number of amides is 1. The van der Waals surface area contributed by atoms with Gasteiger partial charge in [0.25, 0.3) is 5.91 Å². The number of anilines is 1. The van der Waals surface area contributed by atoms with E-state index >= 15 is 0 Å². The van der Waals surface area contributed by atoms with Gasteiger partial charge in [-0.1, -0.05) is 25.2 Å². The van der Waals surface area contributed by atoms with Crippen molar-refractivity contribution in [1.82, 2.24) is 10.2 Å². The lowest BCUT2D eigenvalue weighted by molar-refractivity contribution is -0.118. The highest BCUT2D eigenvalue weighted by Crippen LogP contribution is 2.27. The highest BCUT2D eigenvalue weighted by molar-refractivity contribution is 7.15. The minimum Gasteiger partial charge on any atom is -0.484 e. The average molecular weight is 323 g/mol. The molecule has 0 unspecified atom stereocenters. The van der Waals surface area contributed by atoms with E-state index in [0.717, 1.165) is 17.8 Å². The fourth-order valence-electron chi connectivity index (χ4n) is 1.92. The zero-order chi connectivity index (χ0) is 15.9. The molecule has 0 saturated heterocycles. The summed E-state index contributed by atoms with van der Waals surface area (Å²) in [4.78, 5) is 11.8. The number of ether oxygens (including phenoxy) is 1. The third-order valence-electron chi connectivity index (χ3n) is 3.21. The van der Waals surface area contributed by atoms with Crippen molar-refractivity contribution in [2.24, 2.45) is 0 Å². The van der Waals surface area contributed by atoms with Crippen LogP contribution in [0.15, 0.2) is 24.3 Å². The van der Waals surface area contributed by atoms with Crippen LogP contribution in [0.3, 0.4) is 0 Å². The Morgan fingerprint density at radius 2 is 1.95 bits per heavy atom. The molecule has 1 heterocycles. The molecule has 2 aromatic rings. The molecular formula is C15H18FN3O2S.